The highest BCUT2D eigenvalue weighted by molar-refractivity contribution is 6.33. The normalized spacial score (nSPS) is 22.4. The molecule has 2 aromatic rings. The number of carbonyl (C=O) groups excluding carboxylic acids is 1. The number of nitrogens with one attached hydrogen (secondary N) is 1. The fourth-order valence-corrected chi connectivity index (χ4v) is 3.97. The molecule has 0 amide bonds. The predicted octanol–water partition coefficient (Wildman–Crippen LogP) is 2.21. The molecule has 2 atom stereocenters. The lowest BCUT2D eigenvalue weighted by Crippen LogP contribution is -2.30. The van der Waals surface area contributed by atoms with Crippen molar-refractivity contribution in [2.24, 2.45) is 0 Å². The summed E-state index contributed by atoms with van der Waals surface area (Å²) in [6, 6.07) is 5.58. The number of aromatic nitrogens is 2. The number of hydrogen-bond acceptors (Lipinski definition) is 5. The van der Waals surface area contributed by atoms with Crippen molar-refractivity contribution in [3.8, 4) is 0 Å². The molecule has 2 aliphatic rings. The first-order chi connectivity index (χ1) is 11.6. The number of nitrogen functional groups attached to an aromatic ring is 1. The molecule has 0 radical (unpaired) electrons. The number of halogens is 1. The second-order valence-corrected chi connectivity index (χ2v) is 6.84. The van der Waals surface area contributed by atoms with Crippen molar-refractivity contribution < 1.29 is 9.90 Å². The molecule has 1 aliphatic carbocycles. The van der Waals surface area contributed by atoms with E-state index < -0.39 is 6.10 Å². The Morgan fingerprint density at radius 1 is 1.42 bits per heavy atom. The van der Waals surface area contributed by atoms with E-state index in [9.17, 15) is 9.90 Å². The van der Waals surface area contributed by atoms with Crippen LogP contribution in [0.3, 0.4) is 0 Å². The fraction of sp³-hybridized carbons (Fsp3) is 0.412. The second kappa shape index (κ2) is 5.79. The van der Waals surface area contributed by atoms with Crippen molar-refractivity contribution in [3.63, 3.8) is 0 Å². The summed E-state index contributed by atoms with van der Waals surface area (Å²) < 4.78 is 1.41. The summed E-state index contributed by atoms with van der Waals surface area (Å²) in [5, 5.41) is 18.1. The molecule has 0 saturated carbocycles. The van der Waals surface area contributed by atoms with Gasteiger partial charge >= 0.3 is 0 Å². The van der Waals surface area contributed by atoms with Crippen molar-refractivity contribution in [1.82, 2.24) is 9.78 Å². The summed E-state index contributed by atoms with van der Waals surface area (Å²) in [5.41, 5.74) is 9.34. The SMILES string of the molecule is Nc1nn(C(=O)[C@@H]2CCNc3c(Cl)cccc32)c2c1CC[C@@H](O)C2. The Labute approximate surface area is 144 Å². The van der Waals surface area contributed by atoms with E-state index in [0.29, 0.717) is 43.1 Å². The number of fused-ring (bicyclic) bond motifs is 2. The van der Waals surface area contributed by atoms with Crippen LogP contribution in [-0.4, -0.2) is 33.4 Å². The third-order valence-corrected chi connectivity index (χ3v) is 5.26. The molecule has 4 rings (SSSR count). The number of nitrogens with two attached hydrogens (primary N) is 1. The van der Waals surface area contributed by atoms with Crippen LogP contribution in [0.4, 0.5) is 11.5 Å². The molecule has 1 aromatic carbocycles. The van der Waals surface area contributed by atoms with Crippen LogP contribution in [0.5, 0.6) is 0 Å². The monoisotopic (exact) mass is 346 g/mol. The maximum atomic E-state index is 13.2. The maximum absolute atomic E-state index is 13.2. The average molecular weight is 347 g/mol. The molecule has 0 spiro atoms. The van der Waals surface area contributed by atoms with Crippen LogP contribution >= 0.6 is 11.6 Å². The third kappa shape index (κ3) is 2.37. The highest BCUT2D eigenvalue weighted by atomic mass is 35.5. The largest absolute Gasteiger partial charge is 0.393 e. The van der Waals surface area contributed by atoms with Crippen LogP contribution in [0, 0.1) is 0 Å². The van der Waals surface area contributed by atoms with Gasteiger partial charge in [0.2, 0.25) is 0 Å². The lowest BCUT2D eigenvalue weighted by Gasteiger charge is -2.27. The first kappa shape index (κ1) is 15.5. The van der Waals surface area contributed by atoms with Gasteiger partial charge in [-0.3, -0.25) is 4.79 Å². The van der Waals surface area contributed by atoms with Gasteiger partial charge in [0, 0.05) is 18.5 Å². The van der Waals surface area contributed by atoms with Gasteiger partial charge in [0.25, 0.3) is 5.91 Å². The number of rotatable bonds is 1. The van der Waals surface area contributed by atoms with Gasteiger partial charge in [-0.2, -0.15) is 0 Å². The summed E-state index contributed by atoms with van der Waals surface area (Å²) in [6.07, 6.45) is 1.95. The topological polar surface area (TPSA) is 93.2 Å². The van der Waals surface area contributed by atoms with Gasteiger partial charge in [-0.25, -0.2) is 4.68 Å². The molecule has 0 saturated heterocycles. The Bertz CT molecular complexity index is 817. The Hall–Kier alpha value is -2.05. The average Bonchev–Trinajstić information content (AvgIpc) is 2.90. The summed E-state index contributed by atoms with van der Waals surface area (Å²) in [5.74, 6) is -0.0324. The maximum Gasteiger partial charge on any atom is 0.254 e. The Morgan fingerprint density at radius 3 is 3.08 bits per heavy atom. The molecule has 0 bridgehead atoms. The zero-order chi connectivity index (χ0) is 16.8. The molecule has 1 aliphatic heterocycles. The lowest BCUT2D eigenvalue weighted by molar-refractivity contribution is 0.0846. The van der Waals surface area contributed by atoms with Crippen molar-refractivity contribution in [2.45, 2.75) is 37.7 Å². The van der Waals surface area contributed by atoms with Crippen LogP contribution in [-0.2, 0) is 12.8 Å². The van der Waals surface area contributed by atoms with Crippen molar-refractivity contribution >= 4 is 29.0 Å². The van der Waals surface area contributed by atoms with E-state index in [4.69, 9.17) is 17.3 Å². The molecule has 1 aromatic heterocycles. The Morgan fingerprint density at radius 2 is 2.25 bits per heavy atom. The Balaban J connectivity index is 1.75. The molecule has 0 unspecified atom stereocenters. The number of carbonyl (C=O) groups is 1. The zero-order valence-electron chi connectivity index (χ0n) is 13.1. The number of aliphatic hydroxyl groups excluding tert-OH is 1. The molecular formula is C17H19ClN4O2. The van der Waals surface area contributed by atoms with Crippen LogP contribution < -0.4 is 11.1 Å². The van der Waals surface area contributed by atoms with Gasteiger partial charge in [0.1, 0.15) is 5.82 Å². The van der Waals surface area contributed by atoms with Gasteiger partial charge in [-0.15, -0.1) is 5.10 Å². The number of aliphatic hydroxyl groups is 1. The third-order valence-electron chi connectivity index (χ3n) is 4.94. The lowest BCUT2D eigenvalue weighted by atomic mass is 9.89. The molecular weight excluding hydrogens is 328 g/mol. The molecule has 126 valence electrons. The minimum absolute atomic E-state index is 0.109. The first-order valence-corrected chi connectivity index (χ1v) is 8.55. The van der Waals surface area contributed by atoms with E-state index in [1.165, 1.54) is 4.68 Å². The van der Waals surface area contributed by atoms with Gasteiger partial charge in [-0.05, 0) is 30.9 Å². The summed E-state index contributed by atoms with van der Waals surface area (Å²) >= 11 is 6.25. The number of hydrogen-bond donors (Lipinski definition) is 3. The smallest absolute Gasteiger partial charge is 0.254 e. The highest BCUT2D eigenvalue weighted by Gasteiger charge is 2.33. The standard InChI is InChI=1S/C17H19ClN4O2/c18-13-3-1-2-10-11(6-7-20-15(10)13)17(24)22-14-8-9(23)4-5-12(14)16(19)21-22/h1-3,9,11,20,23H,4-8H2,(H2,19,21)/t9-,11-/m1/s1. The van der Waals surface area contributed by atoms with Crippen molar-refractivity contribution in [3.05, 3.63) is 40.0 Å². The summed E-state index contributed by atoms with van der Waals surface area (Å²) in [6.45, 7) is 0.675. The zero-order valence-corrected chi connectivity index (χ0v) is 13.9. The summed E-state index contributed by atoms with van der Waals surface area (Å²) in [7, 11) is 0. The van der Waals surface area contributed by atoms with Crippen LogP contribution in [0.25, 0.3) is 0 Å². The van der Waals surface area contributed by atoms with E-state index in [0.717, 1.165) is 22.5 Å². The van der Waals surface area contributed by atoms with E-state index >= 15 is 0 Å². The molecule has 6 nitrogen and oxygen atoms in total. The van der Waals surface area contributed by atoms with Gasteiger partial charge < -0.3 is 16.2 Å². The first-order valence-electron chi connectivity index (χ1n) is 8.17. The minimum Gasteiger partial charge on any atom is -0.393 e. The number of benzene rings is 1. The molecule has 7 heteroatoms. The van der Waals surface area contributed by atoms with Gasteiger partial charge in [0.05, 0.1) is 28.4 Å². The van der Waals surface area contributed by atoms with E-state index in [1.807, 2.05) is 18.2 Å². The predicted molar refractivity (Wildman–Crippen MR) is 92.6 cm³/mol. The quantitative estimate of drug-likeness (QED) is 0.736. The molecule has 0 fully saturated rings. The second-order valence-electron chi connectivity index (χ2n) is 6.43. The fourth-order valence-electron chi connectivity index (χ4n) is 3.72. The van der Waals surface area contributed by atoms with Crippen LogP contribution in [0.15, 0.2) is 18.2 Å². The van der Waals surface area contributed by atoms with E-state index in [-0.39, 0.29) is 11.8 Å². The van der Waals surface area contributed by atoms with Crippen LogP contribution in [0.2, 0.25) is 5.02 Å². The number of para-hydroxylation sites is 1. The highest BCUT2D eigenvalue weighted by Crippen LogP contribution is 2.38. The van der Waals surface area contributed by atoms with Crippen LogP contribution in [0.1, 0.15) is 40.4 Å². The Kier molecular flexibility index (Phi) is 3.73. The van der Waals surface area contributed by atoms with E-state index in [1.54, 1.807) is 0 Å². The number of nitrogens with zero attached hydrogens (tertiary/aromatic N) is 2. The summed E-state index contributed by atoms with van der Waals surface area (Å²) in [4.78, 5) is 13.2. The minimum atomic E-state index is -0.449. The van der Waals surface area contributed by atoms with Gasteiger partial charge in [-0.1, -0.05) is 23.7 Å². The van der Waals surface area contributed by atoms with Crippen molar-refractivity contribution in [2.75, 3.05) is 17.6 Å². The van der Waals surface area contributed by atoms with E-state index in [2.05, 4.69) is 10.4 Å². The molecule has 2 heterocycles. The molecule has 24 heavy (non-hydrogen) atoms. The van der Waals surface area contributed by atoms with Gasteiger partial charge in [0.15, 0.2) is 0 Å². The molecule has 4 N–H and O–H groups in total. The van der Waals surface area contributed by atoms with Crippen molar-refractivity contribution in [1.29, 1.82) is 0 Å². The number of anilines is 2.